The molecular formula is C20H19N3O5S3. The van der Waals surface area contributed by atoms with Crippen molar-refractivity contribution >= 4 is 38.6 Å². The molecule has 31 heavy (non-hydrogen) atoms. The number of benzene rings is 1. The first-order chi connectivity index (χ1) is 15.0. The summed E-state index contributed by atoms with van der Waals surface area (Å²) in [5.74, 6) is 0.872. The van der Waals surface area contributed by atoms with Crippen LogP contribution in [-0.2, 0) is 10.0 Å². The standard InChI is InChI=1S/C20H19N3O5S3/c24-20(18-13-21-19(30-18)17-2-1-11-29-17)22-5-7-23(8-6-22)31(25,26)14-3-4-15-16(12-14)28-10-9-27-15/h1-4,11-13H,5-10H2. The van der Waals surface area contributed by atoms with E-state index in [4.69, 9.17) is 9.47 Å². The second kappa shape index (κ2) is 8.23. The van der Waals surface area contributed by atoms with Crippen molar-refractivity contribution in [2.24, 2.45) is 0 Å². The lowest BCUT2D eigenvalue weighted by atomic mass is 10.3. The largest absolute Gasteiger partial charge is 0.486 e. The molecule has 0 spiro atoms. The van der Waals surface area contributed by atoms with E-state index in [1.807, 2.05) is 17.5 Å². The van der Waals surface area contributed by atoms with Crippen LogP contribution in [0.3, 0.4) is 0 Å². The minimum absolute atomic E-state index is 0.114. The molecule has 0 N–H and O–H groups in total. The smallest absolute Gasteiger partial charge is 0.265 e. The minimum atomic E-state index is -3.68. The number of carbonyl (C=O) groups excluding carboxylic acids is 1. The zero-order chi connectivity index (χ0) is 21.4. The molecule has 8 nitrogen and oxygen atoms in total. The van der Waals surface area contributed by atoms with Gasteiger partial charge in [-0.05, 0) is 23.6 Å². The van der Waals surface area contributed by atoms with Gasteiger partial charge in [-0.2, -0.15) is 4.31 Å². The van der Waals surface area contributed by atoms with Crippen molar-refractivity contribution in [3.63, 3.8) is 0 Å². The van der Waals surface area contributed by atoms with Crippen LogP contribution in [0.2, 0.25) is 0 Å². The van der Waals surface area contributed by atoms with Gasteiger partial charge in [-0.1, -0.05) is 6.07 Å². The molecule has 0 radical (unpaired) electrons. The van der Waals surface area contributed by atoms with Crippen LogP contribution in [0.15, 0.2) is 46.8 Å². The van der Waals surface area contributed by atoms with E-state index in [9.17, 15) is 13.2 Å². The molecule has 1 saturated heterocycles. The van der Waals surface area contributed by atoms with Gasteiger partial charge in [0.25, 0.3) is 5.91 Å². The quantitative estimate of drug-likeness (QED) is 0.574. The van der Waals surface area contributed by atoms with Crippen molar-refractivity contribution in [3.8, 4) is 21.4 Å². The van der Waals surface area contributed by atoms with Gasteiger partial charge < -0.3 is 14.4 Å². The van der Waals surface area contributed by atoms with Crippen LogP contribution in [-0.4, -0.2) is 67.9 Å². The molecule has 1 amide bonds. The summed E-state index contributed by atoms with van der Waals surface area (Å²) in [7, 11) is -3.68. The molecule has 1 fully saturated rings. The van der Waals surface area contributed by atoms with E-state index in [2.05, 4.69) is 4.98 Å². The van der Waals surface area contributed by atoms with Crippen molar-refractivity contribution in [1.82, 2.24) is 14.2 Å². The van der Waals surface area contributed by atoms with E-state index >= 15 is 0 Å². The van der Waals surface area contributed by atoms with Crippen LogP contribution in [0.4, 0.5) is 0 Å². The van der Waals surface area contributed by atoms with E-state index < -0.39 is 10.0 Å². The van der Waals surface area contributed by atoms with Gasteiger partial charge >= 0.3 is 0 Å². The molecule has 5 rings (SSSR count). The lowest BCUT2D eigenvalue weighted by molar-refractivity contribution is 0.0702. The summed E-state index contributed by atoms with van der Waals surface area (Å²) in [6.45, 7) is 1.97. The summed E-state index contributed by atoms with van der Waals surface area (Å²) in [5.41, 5.74) is 0. The van der Waals surface area contributed by atoms with Crippen LogP contribution < -0.4 is 9.47 Å². The number of amides is 1. The number of thiazole rings is 1. The summed E-state index contributed by atoms with van der Waals surface area (Å²) in [6, 6.07) is 8.58. The summed E-state index contributed by atoms with van der Waals surface area (Å²) in [6.07, 6.45) is 1.60. The monoisotopic (exact) mass is 477 g/mol. The first-order valence-corrected chi connectivity index (χ1v) is 12.8. The highest BCUT2D eigenvalue weighted by Crippen LogP contribution is 2.33. The second-order valence-corrected chi connectivity index (χ2v) is 10.9. The Labute approximate surface area is 187 Å². The summed E-state index contributed by atoms with van der Waals surface area (Å²) in [5, 5.41) is 2.79. The molecule has 0 saturated carbocycles. The zero-order valence-corrected chi connectivity index (χ0v) is 18.8. The zero-order valence-electron chi connectivity index (χ0n) is 16.4. The molecule has 4 heterocycles. The SMILES string of the molecule is O=C(c1cnc(-c2cccs2)s1)N1CCN(S(=O)(=O)c2ccc3c(c2)OCCO3)CC1. The highest BCUT2D eigenvalue weighted by molar-refractivity contribution is 7.89. The Hall–Kier alpha value is -2.47. The van der Waals surface area contributed by atoms with Crippen LogP contribution in [0.1, 0.15) is 9.67 Å². The first-order valence-electron chi connectivity index (χ1n) is 9.71. The summed E-state index contributed by atoms with van der Waals surface area (Å²) < 4.78 is 38.5. The van der Waals surface area contributed by atoms with E-state index in [0.717, 1.165) is 9.88 Å². The average molecular weight is 478 g/mol. The van der Waals surface area contributed by atoms with Crippen molar-refractivity contribution < 1.29 is 22.7 Å². The minimum Gasteiger partial charge on any atom is -0.486 e. The Balaban J connectivity index is 1.26. The van der Waals surface area contributed by atoms with Gasteiger partial charge in [0.2, 0.25) is 10.0 Å². The molecular weight excluding hydrogens is 458 g/mol. The van der Waals surface area contributed by atoms with Crippen LogP contribution in [0.5, 0.6) is 11.5 Å². The maximum Gasteiger partial charge on any atom is 0.265 e. The van der Waals surface area contributed by atoms with Crippen LogP contribution in [0, 0.1) is 0 Å². The predicted octanol–water partition coefficient (Wildman–Crippen LogP) is 2.79. The van der Waals surface area contributed by atoms with Crippen molar-refractivity contribution in [1.29, 1.82) is 0 Å². The first kappa shape index (κ1) is 20.4. The Kier molecular flexibility index (Phi) is 5.42. The molecule has 0 bridgehead atoms. The van der Waals surface area contributed by atoms with Crippen LogP contribution in [0.25, 0.3) is 9.88 Å². The third-order valence-corrected chi connectivity index (χ3v) is 9.04. The van der Waals surface area contributed by atoms with E-state index in [1.54, 1.807) is 28.5 Å². The fraction of sp³-hybridized carbons (Fsp3) is 0.300. The van der Waals surface area contributed by atoms with Crippen molar-refractivity contribution in [2.75, 3.05) is 39.4 Å². The molecule has 162 valence electrons. The molecule has 1 aromatic carbocycles. The van der Waals surface area contributed by atoms with Gasteiger partial charge in [-0.25, -0.2) is 13.4 Å². The number of rotatable bonds is 4. The summed E-state index contributed by atoms with van der Waals surface area (Å²) in [4.78, 5) is 20.7. The molecule has 11 heteroatoms. The average Bonchev–Trinajstić information content (AvgIpc) is 3.50. The molecule has 0 aliphatic carbocycles. The maximum absolute atomic E-state index is 13.1. The van der Waals surface area contributed by atoms with E-state index in [1.165, 1.54) is 27.8 Å². The van der Waals surface area contributed by atoms with Gasteiger partial charge in [0, 0.05) is 32.2 Å². The number of carbonyl (C=O) groups is 1. The molecule has 2 aliphatic heterocycles. The lowest BCUT2D eigenvalue weighted by Crippen LogP contribution is -2.50. The number of hydrogen-bond acceptors (Lipinski definition) is 8. The molecule has 0 atom stereocenters. The van der Waals surface area contributed by atoms with Crippen molar-refractivity contribution in [2.45, 2.75) is 4.90 Å². The maximum atomic E-state index is 13.1. The Morgan fingerprint density at radius 3 is 2.55 bits per heavy atom. The number of aromatic nitrogens is 1. The number of fused-ring (bicyclic) bond motifs is 1. The molecule has 3 aromatic rings. The fourth-order valence-corrected chi connectivity index (χ4v) is 6.63. The predicted molar refractivity (Wildman–Crippen MR) is 118 cm³/mol. The topological polar surface area (TPSA) is 89.0 Å². The Morgan fingerprint density at radius 2 is 1.81 bits per heavy atom. The summed E-state index contributed by atoms with van der Waals surface area (Å²) >= 11 is 2.94. The van der Waals surface area contributed by atoms with E-state index in [0.29, 0.717) is 42.7 Å². The third kappa shape index (κ3) is 3.93. The highest BCUT2D eigenvalue weighted by atomic mass is 32.2. The van der Waals surface area contributed by atoms with Crippen molar-refractivity contribution in [3.05, 3.63) is 46.8 Å². The van der Waals surface area contributed by atoms with Gasteiger partial charge in [-0.15, -0.1) is 22.7 Å². The van der Waals surface area contributed by atoms with Gasteiger partial charge in [0.15, 0.2) is 11.5 Å². The van der Waals surface area contributed by atoms with Gasteiger partial charge in [0.1, 0.15) is 23.1 Å². The number of piperazine rings is 1. The normalized spacial score (nSPS) is 17.0. The Bertz CT molecular complexity index is 1200. The van der Waals surface area contributed by atoms with E-state index in [-0.39, 0.29) is 23.9 Å². The number of thiophene rings is 1. The lowest BCUT2D eigenvalue weighted by Gasteiger charge is -2.33. The Morgan fingerprint density at radius 1 is 1.03 bits per heavy atom. The highest BCUT2D eigenvalue weighted by Gasteiger charge is 2.32. The number of nitrogens with zero attached hydrogens (tertiary/aromatic N) is 3. The van der Waals surface area contributed by atoms with Gasteiger partial charge in [-0.3, -0.25) is 4.79 Å². The molecule has 0 unspecified atom stereocenters. The number of ether oxygens (including phenoxy) is 2. The third-order valence-electron chi connectivity index (χ3n) is 5.13. The fourth-order valence-electron chi connectivity index (χ4n) is 3.51. The number of hydrogen-bond donors (Lipinski definition) is 0. The van der Waals surface area contributed by atoms with Crippen LogP contribution >= 0.6 is 22.7 Å². The second-order valence-electron chi connectivity index (χ2n) is 7.01. The van der Waals surface area contributed by atoms with Gasteiger partial charge in [0.05, 0.1) is 16.0 Å². The number of sulfonamides is 1. The molecule has 2 aromatic heterocycles. The molecule has 2 aliphatic rings.